The summed E-state index contributed by atoms with van der Waals surface area (Å²) in [6.45, 7) is 4.68. The Kier molecular flexibility index (Phi) is 6.30. The molecule has 0 spiro atoms. The van der Waals surface area contributed by atoms with Gasteiger partial charge >= 0.3 is 0 Å². The van der Waals surface area contributed by atoms with E-state index in [0.29, 0.717) is 24.3 Å². The molecule has 0 atom stereocenters. The molecule has 6 rings (SSSR count). The zero-order chi connectivity index (χ0) is 25.2. The standard InChI is InChI=1S/C28H27N7O2/c36-15-14-33-10-12-34(13-11-33)27-17-22(4-5-23(27)19-37)25-7-8-26-28(30-25)35(32-31-26)18-20-3-6-24-21(16-20)2-1-9-29-24/h1-9,16-17,19,36H,10-15,18H2. The topological polar surface area (TPSA) is 100 Å². The molecular formula is C28H27N7O2. The number of aromatic nitrogens is 5. The maximum Gasteiger partial charge on any atom is 0.179 e. The van der Waals surface area contributed by atoms with Crippen molar-refractivity contribution >= 4 is 34.0 Å². The Morgan fingerprint density at radius 1 is 0.946 bits per heavy atom. The molecule has 9 nitrogen and oxygen atoms in total. The number of pyridine rings is 2. The van der Waals surface area contributed by atoms with Gasteiger partial charge in [0.1, 0.15) is 5.52 Å². The van der Waals surface area contributed by atoms with Gasteiger partial charge in [0.2, 0.25) is 0 Å². The largest absolute Gasteiger partial charge is 0.395 e. The molecule has 1 fully saturated rings. The van der Waals surface area contributed by atoms with Gasteiger partial charge in [-0.1, -0.05) is 23.4 Å². The Morgan fingerprint density at radius 2 is 1.81 bits per heavy atom. The highest BCUT2D eigenvalue weighted by atomic mass is 16.3. The van der Waals surface area contributed by atoms with Crippen LogP contribution < -0.4 is 4.90 Å². The second-order valence-electron chi connectivity index (χ2n) is 9.26. The zero-order valence-corrected chi connectivity index (χ0v) is 20.4. The van der Waals surface area contributed by atoms with E-state index in [4.69, 9.17) is 4.98 Å². The van der Waals surface area contributed by atoms with Crippen molar-refractivity contribution in [1.29, 1.82) is 0 Å². The van der Waals surface area contributed by atoms with Crippen LogP contribution in [0.5, 0.6) is 0 Å². The summed E-state index contributed by atoms with van der Waals surface area (Å²) in [4.78, 5) is 25.6. The second kappa shape index (κ2) is 10.0. The van der Waals surface area contributed by atoms with Gasteiger partial charge < -0.3 is 10.0 Å². The number of hydrogen-bond donors (Lipinski definition) is 1. The third-order valence-electron chi connectivity index (χ3n) is 6.94. The van der Waals surface area contributed by atoms with Crippen molar-refractivity contribution in [3.8, 4) is 11.3 Å². The number of piperazine rings is 1. The van der Waals surface area contributed by atoms with Gasteiger partial charge in [0.15, 0.2) is 11.9 Å². The van der Waals surface area contributed by atoms with E-state index in [1.165, 1.54) is 0 Å². The molecule has 1 saturated heterocycles. The van der Waals surface area contributed by atoms with E-state index in [9.17, 15) is 9.90 Å². The predicted molar refractivity (Wildman–Crippen MR) is 143 cm³/mol. The van der Waals surface area contributed by atoms with Crippen LogP contribution in [0.4, 0.5) is 5.69 Å². The molecule has 0 radical (unpaired) electrons. The van der Waals surface area contributed by atoms with E-state index >= 15 is 0 Å². The highest BCUT2D eigenvalue weighted by molar-refractivity contribution is 5.87. The molecular weight excluding hydrogens is 466 g/mol. The van der Waals surface area contributed by atoms with Crippen molar-refractivity contribution in [3.63, 3.8) is 0 Å². The van der Waals surface area contributed by atoms with Crippen molar-refractivity contribution in [2.24, 2.45) is 0 Å². The van der Waals surface area contributed by atoms with Gasteiger partial charge in [-0.15, -0.1) is 5.10 Å². The Morgan fingerprint density at radius 3 is 2.65 bits per heavy atom. The van der Waals surface area contributed by atoms with Gasteiger partial charge in [0.25, 0.3) is 0 Å². The second-order valence-corrected chi connectivity index (χ2v) is 9.26. The van der Waals surface area contributed by atoms with Crippen LogP contribution in [-0.2, 0) is 6.54 Å². The number of nitrogens with zero attached hydrogens (tertiary/aromatic N) is 7. The fourth-order valence-corrected chi connectivity index (χ4v) is 4.95. The molecule has 37 heavy (non-hydrogen) atoms. The minimum atomic E-state index is 0.159. The zero-order valence-electron chi connectivity index (χ0n) is 20.4. The lowest BCUT2D eigenvalue weighted by Gasteiger charge is -2.36. The fraction of sp³-hybridized carbons (Fsp3) is 0.250. The first kappa shape index (κ1) is 23.2. The van der Waals surface area contributed by atoms with Gasteiger partial charge in [-0.3, -0.25) is 14.7 Å². The van der Waals surface area contributed by atoms with Crippen LogP contribution in [0.1, 0.15) is 15.9 Å². The third kappa shape index (κ3) is 4.66. The van der Waals surface area contributed by atoms with Crippen LogP contribution in [-0.4, -0.2) is 80.6 Å². The Labute approximate surface area is 214 Å². The summed E-state index contributed by atoms with van der Waals surface area (Å²) in [5.41, 5.74) is 6.81. The van der Waals surface area contributed by atoms with Crippen LogP contribution in [0.2, 0.25) is 0 Å². The molecule has 0 saturated carbocycles. The molecule has 186 valence electrons. The summed E-state index contributed by atoms with van der Waals surface area (Å²) in [6.07, 6.45) is 2.70. The van der Waals surface area contributed by atoms with Gasteiger partial charge in [-0.25, -0.2) is 9.67 Å². The summed E-state index contributed by atoms with van der Waals surface area (Å²) in [7, 11) is 0. The van der Waals surface area contributed by atoms with E-state index in [0.717, 1.165) is 71.4 Å². The van der Waals surface area contributed by atoms with E-state index in [1.807, 2.05) is 47.1 Å². The van der Waals surface area contributed by atoms with Gasteiger partial charge in [-0.2, -0.15) is 0 Å². The minimum absolute atomic E-state index is 0.159. The van der Waals surface area contributed by atoms with Crippen LogP contribution in [0.25, 0.3) is 33.3 Å². The maximum absolute atomic E-state index is 11.8. The van der Waals surface area contributed by atoms with Crippen molar-refractivity contribution in [2.75, 3.05) is 44.2 Å². The van der Waals surface area contributed by atoms with Crippen LogP contribution in [0.15, 0.2) is 66.9 Å². The first-order valence-corrected chi connectivity index (χ1v) is 12.4. The molecule has 1 N–H and O–H groups in total. The molecule has 0 amide bonds. The number of carbonyl (C=O) groups is 1. The molecule has 1 aliphatic heterocycles. The van der Waals surface area contributed by atoms with Crippen molar-refractivity contribution in [3.05, 3.63) is 78.0 Å². The molecule has 3 aromatic heterocycles. The minimum Gasteiger partial charge on any atom is -0.395 e. The van der Waals surface area contributed by atoms with Gasteiger partial charge in [0.05, 0.1) is 24.4 Å². The number of benzene rings is 2. The highest BCUT2D eigenvalue weighted by Gasteiger charge is 2.20. The van der Waals surface area contributed by atoms with Crippen LogP contribution in [0, 0.1) is 0 Å². The summed E-state index contributed by atoms with van der Waals surface area (Å²) in [5.74, 6) is 0. The van der Waals surface area contributed by atoms with Crippen molar-refractivity contribution in [1.82, 2.24) is 29.9 Å². The summed E-state index contributed by atoms with van der Waals surface area (Å²) < 4.78 is 1.82. The predicted octanol–water partition coefficient (Wildman–Crippen LogP) is 3.02. The number of rotatable bonds is 7. The van der Waals surface area contributed by atoms with E-state index in [2.05, 4.69) is 43.3 Å². The Balaban J connectivity index is 1.30. The quantitative estimate of drug-likeness (QED) is 0.346. The number of carbonyl (C=O) groups excluding carboxylic acids is 1. The number of hydrogen-bond acceptors (Lipinski definition) is 8. The lowest BCUT2D eigenvalue weighted by Crippen LogP contribution is -2.47. The number of aliphatic hydroxyl groups excluding tert-OH is 1. The normalized spacial score (nSPS) is 14.5. The van der Waals surface area contributed by atoms with E-state index in [-0.39, 0.29) is 6.61 Å². The average molecular weight is 494 g/mol. The number of anilines is 1. The Hall–Kier alpha value is -4.21. The molecule has 1 aliphatic rings. The SMILES string of the molecule is O=Cc1ccc(-c2ccc3nnn(Cc4ccc5ncccc5c4)c3n2)cc1N1CCN(CCO)CC1. The number of β-amino-alcohol motifs (C(OH)–C–C–N with tert-alkyl or cyclic N) is 1. The van der Waals surface area contributed by atoms with E-state index < -0.39 is 0 Å². The molecule has 0 bridgehead atoms. The molecule has 0 unspecified atom stereocenters. The van der Waals surface area contributed by atoms with Crippen LogP contribution >= 0.6 is 0 Å². The number of aliphatic hydroxyl groups is 1. The molecule has 5 aromatic rings. The molecule has 9 heteroatoms. The Bertz CT molecular complexity index is 1570. The molecule has 2 aromatic carbocycles. The van der Waals surface area contributed by atoms with Crippen LogP contribution in [0.3, 0.4) is 0 Å². The lowest BCUT2D eigenvalue weighted by molar-refractivity contribution is 0.112. The van der Waals surface area contributed by atoms with E-state index in [1.54, 1.807) is 6.20 Å². The number of fused-ring (bicyclic) bond motifs is 2. The average Bonchev–Trinajstić information content (AvgIpc) is 3.35. The highest BCUT2D eigenvalue weighted by Crippen LogP contribution is 2.29. The van der Waals surface area contributed by atoms with Gasteiger partial charge in [-0.05, 0) is 48.0 Å². The monoisotopic (exact) mass is 493 g/mol. The third-order valence-corrected chi connectivity index (χ3v) is 6.94. The van der Waals surface area contributed by atoms with Crippen molar-refractivity contribution < 1.29 is 9.90 Å². The fourth-order valence-electron chi connectivity index (χ4n) is 4.95. The lowest BCUT2D eigenvalue weighted by atomic mass is 10.0. The molecule has 4 heterocycles. The smallest absolute Gasteiger partial charge is 0.179 e. The summed E-state index contributed by atoms with van der Waals surface area (Å²) in [6, 6.07) is 19.9. The number of aldehydes is 1. The van der Waals surface area contributed by atoms with Gasteiger partial charge in [0, 0.05) is 61.1 Å². The summed E-state index contributed by atoms with van der Waals surface area (Å²) in [5, 5.41) is 19.0. The first-order valence-electron chi connectivity index (χ1n) is 12.4. The van der Waals surface area contributed by atoms with Crippen molar-refractivity contribution in [2.45, 2.75) is 6.54 Å². The first-order chi connectivity index (χ1) is 18.2. The summed E-state index contributed by atoms with van der Waals surface area (Å²) >= 11 is 0. The maximum atomic E-state index is 11.8. The molecule has 0 aliphatic carbocycles.